The Hall–Kier alpha value is -0.820. The summed E-state index contributed by atoms with van der Waals surface area (Å²) in [4.78, 5) is 11.2. The van der Waals surface area contributed by atoms with Crippen molar-refractivity contribution < 1.29 is 4.79 Å². The molecular weight excluding hydrogens is 220 g/mol. The summed E-state index contributed by atoms with van der Waals surface area (Å²) >= 11 is 6.05. The maximum absolute atomic E-state index is 12.0. The highest BCUT2D eigenvalue weighted by Gasteiger charge is 2.26. The van der Waals surface area contributed by atoms with Gasteiger partial charge >= 0.3 is 0 Å². The number of Topliss-reactive ketones (excluding diaryl/α,β-unsaturated/α-hetero) is 1. The normalized spacial score (nSPS) is 15.7. The molecule has 1 aromatic rings. The lowest BCUT2D eigenvalue weighted by molar-refractivity contribution is 0.0954. The second-order valence-corrected chi connectivity index (χ2v) is 5.94. The third-order valence-electron chi connectivity index (χ3n) is 3.15. The minimum atomic E-state index is -0.803. The van der Waals surface area contributed by atoms with Crippen molar-refractivity contribution in [1.82, 2.24) is 0 Å². The fourth-order valence-corrected chi connectivity index (χ4v) is 2.33. The predicted octanol–water partition coefficient (Wildman–Crippen LogP) is 3.77. The van der Waals surface area contributed by atoms with Crippen molar-refractivity contribution in [1.29, 1.82) is 0 Å². The summed E-state index contributed by atoms with van der Waals surface area (Å²) in [6.45, 7) is 3.49. The first kappa shape index (κ1) is 11.7. The van der Waals surface area contributed by atoms with Gasteiger partial charge in [0.1, 0.15) is 4.87 Å². The van der Waals surface area contributed by atoms with E-state index in [4.69, 9.17) is 11.6 Å². The topological polar surface area (TPSA) is 17.1 Å². The van der Waals surface area contributed by atoms with Crippen LogP contribution in [0, 0.1) is 0 Å². The van der Waals surface area contributed by atoms with E-state index in [1.54, 1.807) is 13.8 Å². The molecule has 0 spiro atoms. The first-order valence-corrected chi connectivity index (χ1v) is 6.22. The monoisotopic (exact) mass is 236 g/mol. The maximum atomic E-state index is 12.0. The van der Waals surface area contributed by atoms with Crippen LogP contribution in [0.3, 0.4) is 0 Å². The SMILES string of the molecule is CC(C)(Cl)C(=O)c1ccc2c(c1)CCCC2. The summed E-state index contributed by atoms with van der Waals surface area (Å²) in [6.07, 6.45) is 4.74. The third-order valence-corrected chi connectivity index (χ3v) is 3.32. The number of rotatable bonds is 2. The Morgan fingerprint density at radius 2 is 1.81 bits per heavy atom. The van der Waals surface area contributed by atoms with Gasteiger partial charge in [-0.15, -0.1) is 11.6 Å². The van der Waals surface area contributed by atoms with Crippen molar-refractivity contribution >= 4 is 17.4 Å². The van der Waals surface area contributed by atoms with E-state index in [9.17, 15) is 4.79 Å². The van der Waals surface area contributed by atoms with Crippen molar-refractivity contribution in [2.24, 2.45) is 0 Å². The van der Waals surface area contributed by atoms with E-state index in [1.807, 2.05) is 12.1 Å². The van der Waals surface area contributed by atoms with Crippen molar-refractivity contribution in [3.05, 3.63) is 34.9 Å². The molecular formula is C14H17ClO. The molecule has 0 fully saturated rings. The molecule has 0 heterocycles. The average molecular weight is 237 g/mol. The first-order chi connectivity index (χ1) is 7.48. The van der Waals surface area contributed by atoms with Crippen LogP contribution in [0.15, 0.2) is 18.2 Å². The minimum Gasteiger partial charge on any atom is -0.292 e. The third kappa shape index (κ3) is 2.30. The van der Waals surface area contributed by atoms with Crippen LogP contribution in [0.1, 0.15) is 48.2 Å². The molecule has 0 aromatic heterocycles. The number of aryl methyl sites for hydroxylation is 2. The van der Waals surface area contributed by atoms with Crippen LogP contribution in [0.2, 0.25) is 0 Å². The molecule has 2 heteroatoms. The molecule has 0 unspecified atom stereocenters. The standard InChI is InChI=1S/C14H17ClO/c1-14(2,15)13(16)12-8-7-10-5-3-4-6-11(10)9-12/h7-9H,3-6H2,1-2H3. The van der Waals surface area contributed by atoms with E-state index < -0.39 is 4.87 Å². The second-order valence-electron chi connectivity index (χ2n) is 4.99. The molecule has 1 aromatic carbocycles. The van der Waals surface area contributed by atoms with Gasteiger partial charge in [-0.05, 0) is 56.7 Å². The smallest absolute Gasteiger partial charge is 0.183 e. The predicted molar refractivity (Wildman–Crippen MR) is 67.3 cm³/mol. The van der Waals surface area contributed by atoms with Gasteiger partial charge in [-0.3, -0.25) is 4.79 Å². The van der Waals surface area contributed by atoms with Gasteiger partial charge in [0.2, 0.25) is 0 Å². The zero-order valence-electron chi connectivity index (χ0n) is 9.85. The zero-order chi connectivity index (χ0) is 11.8. The summed E-state index contributed by atoms with van der Waals surface area (Å²) in [6, 6.07) is 6.03. The lowest BCUT2D eigenvalue weighted by atomic mass is 9.88. The quantitative estimate of drug-likeness (QED) is 0.564. The molecule has 0 N–H and O–H groups in total. The van der Waals surface area contributed by atoms with E-state index >= 15 is 0 Å². The number of hydrogen-bond donors (Lipinski definition) is 0. The highest BCUT2D eigenvalue weighted by atomic mass is 35.5. The highest BCUT2D eigenvalue weighted by Crippen LogP contribution is 2.25. The molecule has 0 atom stereocenters. The first-order valence-electron chi connectivity index (χ1n) is 5.84. The Labute approximate surface area is 102 Å². The van der Waals surface area contributed by atoms with Crippen molar-refractivity contribution in [3.8, 4) is 0 Å². The van der Waals surface area contributed by atoms with Crippen LogP contribution in [-0.2, 0) is 12.8 Å². The number of carbonyl (C=O) groups excluding carboxylic acids is 1. The fraction of sp³-hybridized carbons (Fsp3) is 0.500. The van der Waals surface area contributed by atoms with Crippen LogP contribution in [-0.4, -0.2) is 10.7 Å². The van der Waals surface area contributed by atoms with Crippen LogP contribution in [0.4, 0.5) is 0 Å². The Bertz CT molecular complexity index is 415. The van der Waals surface area contributed by atoms with Gasteiger partial charge in [0.15, 0.2) is 5.78 Å². The Morgan fingerprint density at radius 3 is 2.44 bits per heavy atom. The molecule has 2 rings (SSSR count). The van der Waals surface area contributed by atoms with E-state index in [0.717, 1.165) is 18.4 Å². The van der Waals surface area contributed by atoms with Gasteiger partial charge < -0.3 is 0 Å². The lowest BCUT2D eigenvalue weighted by Gasteiger charge is -2.19. The van der Waals surface area contributed by atoms with Crippen LogP contribution < -0.4 is 0 Å². The molecule has 1 aliphatic rings. The molecule has 0 saturated heterocycles. The molecule has 0 amide bonds. The van der Waals surface area contributed by atoms with Crippen molar-refractivity contribution in [2.75, 3.05) is 0 Å². The fourth-order valence-electron chi connectivity index (χ4n) is 2.22. The van der Waals surface area contributed by atoms with Gasteiger partial charge in [0, 0.05) is 5.56 Å². The summed E-state index contributed by atoms with van der Waals surface area (Å²) in [5, 5.41) is 0. The van der Waals surface area contributed by atoms with Gasteiger partial charge in [0.05, 0.1) is 0 Å². The summed E-state index contributed by atoms with van der Waals surface area (Å²) < 4.78 is 0. The second kappa shape index (κ2) is 4.21. The molecule has 86 valence electrons. The van der Waals surface area contributed by atoms with E-state index in [2.05, 4.69) is 6.07 Å². The largest absolute Gasteiger partial charge is 0.292 e. The van der Waals surface area contributed by atoms with Crippen LogP contribution in [0.25, 0.3) is 0 Å². The van der Waals surface area contributed by atoms with Gasteiger partial charge in [0.25, 0.3) is 0 Å². The number of alkyl halides is 1. The summed E-state index contributed by atoms with van der Waals surface area (Å²) in [7, 11) is 0. The lowest BCUT2D eigenvalue weighted by Crippen LogP contribution is -2.25. The van der Waals surface area contributed by atoms with Crippen molar-refractivity contribution in [2.45, 2.75) is 44.4 Å². The number of benzene rings is 1. The molecule has 1 aliphatic carbocycles. The molecule has 1 nitrogen and oxygen atoms in total. The van der Waals surface area contributed by atoms with E-state index in [-0.39, 0.29) is 5.78 Å². The molecule has 0 saturated carbocycles. The molecule has 0 aliphatic heterocycles. The van der Waals surface area contributed by atoms with E-state index in [0.29, 0.717) is 0 Å². The summed E-state index contributed by atoms with van der Waals surface area (Å²) in [5.41, 5.74) is 3.48. The Morgan fingerprint density at radius 1 is 1.19 bits per heavy atom. The summed E-state index contributed by atoms with van der Waals surface area (Å²) in [5.74, 6) is 0.0162. The molecule has 16 heavy (non-hydrogen) atoms. The van der Waals surface area contributed by atoms with Gasteiger partial charge in [-0.1, -0.05) is 12.1 Å². The zero-order valence-corrected chi connectivity index (χ0v) is 10.6. The number of carbonyl (C=O) groups is 1. The van der Waals surface area contributed by atoms with Gasteiger partial charge in [-0.25, -0.2) is 0 Å². The van der Waals surface area contributed by atoms with Crippen LogP contribution in [0.5, 0.6) is 0 Å². The molecule has 0 bridgehead atoms. The van der Waals surface area contributed by atoms with Gasteiger partial charge in [-0.2, -0.15) is 0 Å². The maximum Gasteiger partial charge on any atom is 0.183 e. The molecule has 0 radical (unpaired) electrons. The van der Waals surface area contributed by atoms with Crippen LogP contribution >= 0.6 is 11.6 Å². The highest BCUT2D eigenvalue weighted by molar-refractivity contribution is 6.37. The number of fused-ring (bicyclic) bond motifs is 1. The minimum absolute atomic E-state index is 0.0162. The number of ketones is 1. The number of hydrogen-bond acceptors (Lipinski definition) is 1. The average Bonchev–Trinajstić information content (AvgIpc) is 2.26. The Kier molecular flexibility index (Phi) is 3.07. The van der Waals surface area contributed by atoms with Crippen molar-refractivity contribution in [3.63, 3.8) is 0 Å². The Balaban J connectivity index is 2.34. The number of halogens is 1. The van der Waals surface area contributed by atoms with E-state index in [1.165, 1.54) is 24.0 Å².